The zero-order valence-electron chi connectivity index (χ0n) is 17.6. The Hall–Kier alpha value is -2.13. The summed E-state index contributed by atoms with van der Waals surface area (Å²) < 4.78 is 33.3. The number of nitrogens with zero attached hydrogens (tertiary/aromatic N) is 1. The highest BCUT2D eigenvalue weighted by Gasteiger charge is 2.44. The maximum absolute atomic E-state index is 12.6. The minimum Gasteiger partial charge on any atom is -0.481 e. The van der Waals surface area contributed by atoms with Crippen molar-refractivity contribution in [3.63, 3.8) is 0 Å². The van der Waals surface area contributed by atoms with Crippen LogP contribution in [0.2, 0.25) is 0 Å². The van der Waals surface area contributed by atoms with Crippen LogP contribution >= 0.6 is 0 Å². The van der Waals surface area contributed by atoms with Gasteiger partial charge in [0.05, 0.1) is 10.8 Å². The highest BCUT2D eigenvalue weighted by Crippen LogP contribution is 2.47. The van der Waals surface area contributed by atoms with Crippen molar-refractivity contribution in [3.8, 4) is 0 Å². The number of carbonyl (C=O) groups excluding carboxylic acids is 1. The summed E-state index contributed by atoms with van der Waals surface area (Å²) in [7, 11) is -3.68. The van der Waals surface area contributed by atoms with Crippen LogP contribution in [0.1, 0.15) is 51.5 Å². The summed E-state index contributed by atoms with van der Waals surface area (Å²) in [5.74, 6) is -1.20. The van der Waals surface area contributed by atoms with Crippen LogP contribution in [-0.2, 0) is 19.6 Å². The van der Waals surface area contributed by atoms with Crippen molar-refractivity contribution in [1.82, 2.24) is 9.62 Å². The van der Waals surface area contributed by atoms with Crippen molar-refractivity contribution in [2.45, 2.75) is 56.4 Å². The SMILES string of the molecule is CC(C)(C)OC(=O)N1CCC[C@@H](CNS(=O)(=O)c2ccc([C@@H]3C[C@H]3C(=O)O)cc2)C1. The van der Waals surface area contributed by atoms with E-state index in [1.807, 2.05) is 20.8 Å². The molecule has 166 valence electrons. The summed E-state index contributed by atoms with van der Waals surface area (Å²) in [6, 6.07) is 6.41. The Morgan fingerprint density at radius 2 is 1.90 bits per heavy atom. The molecule has 30 heavy (non-hydrogen) atoms. The van der Waals surface area contributed by atoms with E-state index in [2.05, 4.69) is 4.72 Å². The van der Waals surface area contributed by atoms with Gasteiger partial charge in [0.25, 0.3) is 0 Å². The van der Waals surface area contributed by atoms with E-state index in [1.54, 1.807) is 17.0 Å². The van der Waals surface area contributed by atoms with Crippen molar-refractivity contribution in [2.24, 2.45) is 11.8 Å². The highest BCUT2D eigenvalue weighted by atomic mass is 32.2. The van der Waals surface area contributed by atoms with E-state index in [4.69, 9.17) is 9.84 Å². The number of ether oxygens (including phenoxy) is 1. The third-order valence-electron chi connectivity index (χ3n) is 5.46. The number of carbonyl (C=O) groups is 2. The largest absolute Gasteiger partial charge is 0.481 e. The fourth-order valence-electron chi connectivity index (χ4n) is 3.77. The third-order valence-corrected chi connectivity index (χ3v) is 6.90. The lowest BCUT2D eigenvalue weighted by molar-refractivity contribution is -0.138. The number of amides is 1. The summed E-state index contributed by atoms with van der Waals surface area (Å²) in [4.78, 5) is 25.1. The molecular weight excluding hydrogens is 408 g/mol. The molecule has 1 saturated carbocycles. The zero-order valence-corrected chi connectivity index (χ0v) is 18.4. The molecular formula is C21H30N2O6S. The van der Waals surface area contributed by atoms with Crippen molar-refractivity contribution >= 4 is 22.1 Å². The Kier molecular flexibility index (Phi) is 6.43. The maximum Gasteiger partial charge on any atom is 0.410 e. The summed E-state index contributed by atoms with van der Waals surface area (Å²) >= 11 is 0. The van der Waals surface area contributed by atoms with Gasteiger partial charge >= 0.3 is 12.1 Å². The van der Waals surface area contributed by atoms with Crippen molar-refractivity contribution < 1.29 is 27.9 Å². The first-order valence-corrected chi connectivity index (χ1v) is 11.7. The van der Waals surface area contributed by atoms with Crippen molar-refractivity contribution in [1.29, 1.82) is 0 Å². The van der Waals surface area contributed by atoms with Gasteiger partial charge in [0.1, 0.15) is 5.60 Å². The molecule has 0 spiro atoms. The lowest BCUT2D eigenvalue weighted by atomic mass is 9.99. The number of piperidine rings is 1. The second-order valence-electron chi connectivity index (χ2n) is 9.14. The minimum absolute atomic E-state index is 0.0168. The molecule has 1 amide bonds. The smallest absolute Gasteiger partial charge is 0.410 e. The molecule has 1 saturated heterocycles. The first kappa shape index (κ1) is 22.6. The van der Waals surface area contributed by atoms with E-state index in [1.165, 1.54) is 12.1 Å². The van der Waals surface area contributed by atoms with E-state index in [0.717, 1.165) is 18.4 Å². The van der Waals surface area contributed by atoms with Gasteiger partial charge in [-0.05, 0) is 69.6 Å². The Morgan fingerprint density at radius 3 is 2.47 bits per heavy atom. The van der Waals surface area contributed by atoms with E-state index in [9.17, 15) is 18.0 Å². The van der Waals surface area contributed by atoms with Crippen LogP contribution in [0, 0.1) is 11.8 Å². The van der Waals surface area contributed by atoms with Gasteiger partial charge in [0, 0.05) is 19.6 Å². The predicted molar refractivity (Wildman–Crippen MR) is 111 cm³/mol. The van der Waals surface area contributed by atoms with Gasteiger partial charge in [0.2, 0.25) is 10.0 Å². The lowest BCUT2D eigenvalue weighted by Gasteiger charge is -2.34. The van der Waals surface area contributed by atoms with E-state index >= 15 is 0 Å². The molecule has 2 N–H and O–H groups in total. The number of benzene rings is 1. The molecule has 1 aliphatic heterocycles. The molecule has 8 nitrogen and oxygen atoms in total. The van der Waals surface area contributed by atoms with Crippen LogP contribution < -0.4 is 4.72 Å². The van der Waals surface area contributed by atoms with Gasteiger partial charge in [-0.1, -0.05) is 12.1 Å². The molecule has 1 aromatic rings. The van der Waals surface area contributed by atoms with Crippen LogP contribution in [0.3, 0.4) is 0 Å². The highest BCUT2D eigenvalue weighted by molar-refractivity contribution is 7.89. The zero-order chi connectivity index (χ0) is 22.1. The standard InChI is InChI=1S/C21H30N2O6S/c1-21(2,3)29-20(26)23-10-4-5-14(13-23)12-22-30(27,28)16-8-6-15(7-9-16)17-11-18(17)19(24)25/h6-9,14,17-18,22H,4-5,10-13H2,1-3H3,(H,24,25)/t14-,17-,18+/m0/s1. The first-order chi connectivity index (χ1) is 14.0. The lowest BCUT2D eigenvalue weighted by Crippen LogP contribution is -2.45. The van der Waals surface area contributed by atoms with Crippen LogP contribution in [-0.4, -0.2) is 55.7 Å². The fourth-order valence-corrected chi connectivity index (χ4v) is 4.88. The van der Waals surface area contributed by atoms with Crippen molar-refractivity contribution in [2.75, 3.05) is 19.6 Å². The van der Waals surface area contributed by atoms with E-state index in [0.29, 0.717) is 19.5 Å². The second kappa shape index (κ2) is 8.55. The Bertz CT molecular complexity index is 891. The number of sulfonamides is 1. The predicted octanol–water partition coefficient (Wildman–Crippen LogP) is 2.80. The summed E-state index contributed by atoms with van der Waals surface area (Å²) in [5, 5.41) is 9.03. The molecule has 9 heteroatoms. The fraction of sp³-hybridized carbons (Fsp3) is 0.619. The van der Waals surface area contributed by atoms with Gasteiger partial charge in [-0.15, -0.1) is 0 Å². The molecule has 3 rings (SSSR count). The Balaban J connectivity index is 1.54. The summed E-state index contributed by atoms with van der Waals surface area (Å²) in [5.41, 5.74) is 0.282. The summed E-state index contributed by atoms with van der Waals surface area (Å²) in [6.45, 7) is 6.75. The maximum atomic E-state index is 12.6. The average Bonchev–Trinajstić information content (AvgIpc) is 3.47. The van der Waals surface area contributed by atoms with Gasteiger partial charge < -0.3 is 14.7 Å². The molecule has 0 radical (unpaired) electrons. The Morgan fingerprint density at radius 1 is 1.23 bits per heavy atom. The first-order valence-electron chi connectivity index (χ1n) is 10.3. The van der Waals surface area contributed by atoms with E-state index in [-0.39, 0.29) is 35.3 Å². The molecule has 1 aromatic carbocycles. The van der Waals surface area contributed by atoms with Gasteiger partial charge in [0.15, 0.2) is 0 Å². The van der Waals surface area contributed by atoms with Crippen LogP contribution in [0.25, 0.3) is 0 Å². The molecule has 1 aliphatic carbocycles. The number of nitrogens with one attached hydrogen (secondary N) is 1. The summed E-state index contributed by atoms with van der Waals surface area (Å²) in [6.07, 6.45) is 1.85. The van der Waals surface area contributed by atoms with Crippen LogP contribution in [0.15, 0.2) is 29.2 Å². The second-order valence-corrected chi connectivity index (χ2v) is 10.9. The topological polar surface area (TPSA) is 113 Å². The van der Waals surface area contributed by atoms with Crippen LogP contribution in [0.4, 0.5) is 4.79 Å². The average molecular weight is 439 g/mol. The molecule has 0 bridgehead atoms. The molecule has 2 aliphatic rings. The third kappa shape index (κ3) is 5.72. The van der Waals surface area contributed by atoms with Gasteiger partial charge in [-0.25, -0.2) is 17.9 Å². The molecule has 2 fully saturated rings. The minimum atomic E-state index is -3.68. The quantitative estimate of drug-likeness (QED) is 0.706. The number of hydrogen-bond acceptors (Lipinski definition) is 5. The molecule has 0 unspecified atom stereocenters. The Labute approximate surface area is 177 Å². The van der Waals surface area contributed by atoms with Gasteiger partial charge in [-0.3, -0.25) is 4.79 Å². The van der Waals surface area contributed by atoms with E-state index < -0.39 is 21.6 Å². The number of carboxylic acids is 1. The number of rotatable bonds is 6. The monoisotopic (exact) mass is 438 g/mol. The van der Waals surface area contributed by atoms with Crippen molar-refractivity contribution in [3.05, 3.63) is 29.8 Å². The van der Waals surface area contributed by atoms with Crippen LogP contribution in [0.5, 0.6) is 0 Å². The van der Waals surface area contributed by atoms with Gasteiger partial charge in [-0.2, -0.15) is 0 Å². The number of likely N-dealkylation sites (tertiary alicyclic amines) is 1. The number of carboxylic acid groups (broad SMARTS) is 1. The number of aliphatic carboxylic acids is 1. The molecule has 3 atom stereocenters. The normalized spacial score (nSPS) is 24.4. The molecule has 1 heterocycles. The molecule has 0 aromatic heterocycles. The number of hydrogen-bond donors (Lipinski definition) is 2.